The van der Waals surface area contributed by atoms with Crippen LogP contribution in [0, 0.1) is 0 Å². The van der Waals surface area contributed by atoms with Gasteiger partial charge in [0.05, 0.1) is 18.5 Å². The Bertz CT molecular complexity index is 1090. The molecule has 1 heterocycles. The number of ether oxygens (including phenoxy) is 1. The Labute approximate surface area is 168 Å². The maximum Gasteiger partial charge on any atom is 0.274 e. The number of carbonyl (C=O) groups is 1. The van der Waals surface area contributed by atoms with E-state index in [0.29, 0.717) is 28.1 Å². The lowest BCUT2D eigenvalue weighted by molar-refractivity contribution is 0.0777. The van der Waals surface area contributed by atoms with Crippen LogP contribution in [-0.2, 0) is 6.54 Å². The minimum atomic E-state index is -0.285. The van der Waals surface area contributed by atoms with Crippen molar-refractivity contribution in [2.45, 2.75) is 26.4 Å². The van der Waals surface area contributed by atoms with Gasteiger partial charge in [0.2, 0.25) is 0 Å². The van der Waals surface area contributed by atoms with Gasteiger partial charge >= 0.3 is 0 Å². The molecule has 28 heavy (non-hydrogen) atoms. The van der Waals surface area contributed by atoms with Gasteiger partial charge < -0.3 is 9.64 Å². The van der Waals surface area contributed by atoms with Crippen molar-refractivity contribution < 1.29 is 9.53 Å². The van der Waals surface area contributed by atoms with Gasteiger partial charge in [-0.1, -0.05) is 29.8 Å². The quantitative estimate of drug-likeness (QED) is 0.652. The van der Waals surface area contributed by atoms with Gasteiger partial charge in [0.25, 0.3) is 11.5 Å². The molecule has 0 fully saturated rings. The van der Waals surface area contributed by atoms with E-state index in [-0.39, 0.29) is 23.2 Å². The molecule has 0 aliphatic rings. The Morgan fingerprint density at radius 1 is 1.21 bits per heavy atom. The van der Waals surface area contributed by atoms with Crippen molar-refractivity contribution in [1.82, 2.24) is 14.7 Å². The first kappa shape index (κ1) is 19.9. The smallest absolute Gasteiger partial charge is 0.274 e. The first-order chi connectivity index (χ1) is 13.3. The monoisotopic (exact) mass is 399 g/mol. The molecule has 146 valence electrons. The predicted molar refractivity (Wildman–Crippen MR) is 110 cm³/mol. The van der Waals surface area contributed by atoms with E-state index in [2.05, 4.69) is 5.10 Å². The Morgan fingerprint density at radius 3 is 2.54 bits per heavy atom. The number of nitrogens with zero attached hydrogens (tertiary/aromatic N) is 3. The highest BCUT2D eigenvalue weighted by atomic mass is 35.5. The zero-order chi connectivity index (χ0) is 20.4. The van der Waals surface area contributed by atoms with Crippen LogP contribution < -0.4 is 10.3 Å². The molecule has 6 nitrogen and oxygen atoms in total. The second kappa shape index (κ2) is 8.02. The molecule has 0 saturated heterocycles. The summed E-state index contributed by atoms with van der Waals surface area (Å²) in [5.41, 5.74) is 0.820. The van der Waals surface area contributed by atoms with E-state index in [1.165, 1.54) is 9.58 Å². The van der Waals surface area contributed by atoms with E-state index in [9.17, 15) is 9.59 Å². The number of carbonyl (C=O) groups excluding carboxylic acids is 1. The lowest BCUT2D eigenvalue weighted by Gasteiger charge is -2.20. The molecule has 3 rings (SSSR count). The minimum absolute atomic E-state index is 0.165. The Morgan fingerprint density at radius 2 is 1.89 bits per heavy atom. The SMILES string of the molecule is COc1ccc(Cl)cc1CN(C)C(=O)c1nn(C(C)C)c(=O)c2ccccc12. The fourth-order valence-electron chi connectivity index (χ4n) is 3.09. The van der Waals surface area contributed by atoms with Gasteiger partial charge in [-0.15, -0.1) is 0 Å². The van der Waals surface area contributed by atoms with Crippen molar-refractivity contribution in [3.8, 4) is 5.75 Å². The molecule has 3 aromatic rings. The van der Waals surface area contributed by atoms with Gasteiger partial charge in [-0.25, -0.2) is 4.68 Å². The maximum absolute atomic E-state index is 13.2. The largest absolute Gasteiger partial charge is 0.496 e. The lowest BCUT2D eigenvalue weighted by Crippen LogP contribution is -2.32. The molecule has 1 amide bonds. The lowest BCUT2D eigenvalue weighted by atomic mass is 10.1. The van der Waals surface area contributed by atoms with E-state index in [4.69, 9.17) is 16.3 Å². The predicted octanol–water partition coefficient (Wildman–Crippen LogP) is 3.91. The van der Waals surface area contributed by atoms with Crippen LogP contribution in [0.5, 0.6) is 5.75 Å². The highest BCUT2D eigenvalue weighted by Gasteiger charge is 2.21. The van der Waals surface area contributed by atoms with E-state index in [1.807, 2.05) is 13.8 Å². The van der Waals surface area contributed by atoms with Gasteiger partial charge in [0.1, 0.15) is 5.75 Å². The third kappa shape index (κ3) is 3.73. The molecule has 0 bridgehead atoms. The summed E-state index contributed by atoms with van der Waals surface area (Å²) in [5.74, 6) is 0.363. The summed E-state index contributed by atoms with van der Waals surface area (Å²) < 4.78 is 6.72. The average Bonchev–Trinajstić information content (AvgIpc) is 2.68. The summed E-state index contributed by atoms with van der Waals surface area (Å²) in [6.07, 6.45) is 0. The van der Waals surface area contributed by atoms with Crippen LogP contribution >= 0.6 is 11.6 Å². The summed E-state index contributed by atoms with van der Waals surface area (Å²) in [4.78, 5) is 27.4. The van der Waals surface area contributed by atoms with Crippen molar-refractivity contribution in [1.29, 1.82) is 0 Å². The Balaban J connectivity index is 2.05. The summed E-state index contributed by atoms with van der Waals surface area (Å²) in [7, 11) is 3.26. The number of fused-ring (bicyclic) bond motifs is 1. The van der Waals surface area contributed by atoms with Crippen molar-refractivity contribution in [3.05, 3.63) is 69.1 Å². The molecule has 2 aromatic carbocycles. The van der Waals surface area contributed by atoms with Crippen molar-refractivity contribution in [3.63, 3.8) is 0 Å². The van der Waals surface area contributed by atoms with E-state index in [1.54, 1.807) is 56.6 Å². The molecule has 0 spiro atoms. The molecule has 0 atom stereocenters. The fraction of sp³-hybridized carbons (Fsp3) is 0.286. The van der Waals surface area contributed by atoms with Crippen LogP contribution in [-0.4, -0.2) is 34.7 Å². The van der Waals surface area contributed by atoms with Crippen molar-refractivity contribution in [2.75, 3.05) is 14.2 Å². The van der Waals surface area contributed by atoms with Gasteiger partial charge in [-0.3, -0.25) is 9.59 Å². The topological polar surface area (TPSA) is 64.4 Å². The second-order valence-electron chi connectivity index (χ2n) is 6.86. The highest BCUT2D eigenvalue weighted by Crippen LogP contribution is 2.25. The van der Waals surface area contributed by atoms with Crippen LogP contribution in [0.15, 0.2) is 47.3 Å². The third-order valence-corrected chi connectivity index (χ3v) is 4.75. The van der Waals surface area contributed by atoms with Crippen molar-refractivity contribution in [2.24, 2.45) is 0 Å². The Hall–Kier alpha value is -2.86. The summed E-state index contributed by atoms with van der Waals surface area (Å²) in [6.45, 7) is 4.01. The van der Waals surface area contributed by atoms with Gasteiger partial charge in [-0.2, -0.15) is 5.10 Å². The fourth-order valence-corrected chi connectivity index (χ4v) is 3.29. The average molecular weight is 400 g/mol. The molecule has 0 aliphatic heterocycles. The minimum Gasteiger partial charge on any atom is -0.496 e. The van der Waals surface area contributed by atoms with E-state index < -0.39 is 0 Å². The standard InChI is InChI=1S/C21H22ClN3O3/c1-13(2)25-20(26)17-8-6-5-7-16(17)19(23-25)21(27)24(3)12-14-11-15(22)9-10-18(14)28-4/h5-11,13H,12H2,1-4H3. The summed E-state index contributed by atoms with van der Waals surface area (Å²) >= 11 is 6.10. The van der Waals surface area contributed by atoms with E-state index in [0.717, 1.165) is 5.56 Å². The normalized spacial score (nSPS) is 11.1. The third-order valence-electron chi connectivity index (χ3n) is 4.52. The van der Waals surface area contributed by atoms with Crippen molar-refractivity contribution >= 4 is 28.3 Å². The van der Waals surface area contributed by atoms with Crippen LogP contribution in [0.2, 0.25) is 5.02 Å². The van der Waals surface area contributed by atoms with Gasteiger partial charge in [0, 0.05) is 29.6 Å². The van der Waals surface area contributed by atoms with Crippen LogP contribution in [0.3, 0.4) is 0 Å². The van der Waals surface area contributed by atoms with Crippen LogP contribution in [0.25, 0.3) is 10.8 Å². The zero-order valence-electron chi connectivity index (χ0n) is 16.3. The zero-order valence-corrected chi connectivity index (χ0v) is 17.0. The number of methoxy groups -OCH3 is 1. The molecular formula is C21H22ClN3O3. The van der Waals surface area contributed by atoms with Crippen LogP contribution in [0.1, 0.15) is 35.9 Å². The number of amides is 1. The first-order valence-electron chi connectivity index (χ1n) is 8.93. The second-order valence-corrected chi connectivity index (χ2v) is 7.29. The number of rotatable bonds is 5. The molecule has 1 aromatic heterocycles. The molecular weight excluding hydrogens is 378 g/mol. The molecule has 0 unspecified atom stereocenters. The number of benzene rings is 2. The van der Waals surface area contributed by atoms with Crippen LogP contribution in [0.4, 0.5) is 0 Å². The molecule has 0 radical (unpaired) electrons. The van der Waals surface area contributed by atoms with Gasteiger partial charge in [0.15, 0.2) is 5.69 Å². The number of hydrogen-bond donors (Lipinski definition) is 0. The number of halogens is 1. The Kier molecular flexibility index (Phi) is 5.70. The summed E-state index contributed by atoms with van der Waals surface area (Å²) in [5, 5.41) is 5.96. The molecule has 0 N–H and O–H groups in total. The number of hydrogen-bond acceptors (Lipinski definition) is 4. The van der Waals surface area contributed by atoms with E-state index >= 15 is 0 Å². The highest BCUT2D eigenvalue weighted by molar-refractivity contribution is 6.30. The molecule has 7 heteroatoms. The first-order valence-corrected chi connectivity index (χ1v) is 9.30. The summed E-state index contributed by atoms with van der Waals surface area (Å²) in [6, 6.07) is 12.1. The molecule has 0 aliphatic carbocycles. The van der Waals surface area contributed by atoms with Gasteiger partial charge in [-0.05, 0) is 38.1 Å². The molecule has 0 saturated carbocycles. The number of aromatic nitrogens is 2. The maximum atomic E-state index is 13.2.